The van der Waals surface area contributed by atoms with Crippen LogP contribution in [-0.2, 0) is 10.0 Å². The van der Waals surface area contributed by atoms with Crippen molar-refractivity contribution < 1.29 is 12.8 Å². The second-order valence-corrected chi connectivity index (χ2v) is 8.59. The van der Waals surface area contributed by atoms with Gasteiger partial charge in [-0.15, -0.1) is 0 Å². The Kier molecular flexibility index (Phi) is 5.07. The average Bonchev–Trinajstić information content (AvgIpc) is 2.69. The van der Waals surface area contributed by atoms with Crippen molar-refractivity contribution in [1.29, 1.82) is 0 Å². The molecule has 0 unspecified atom stereocenters. The van der Waals surface area contributed by atoms with Gasteiger partial charge in [0.05, 0.1) is 28.1 Å². The quantitative estimate of drug-likeness (QED) is 0.399. The number of aryl methyl sites for hydroxylation is 1. The summed E-state index contributed by atoms with van der Waals surface area (Å²) in [6.07, 6.45) is 1.26. The van der Waals surface area contributed by atoms with E-state index in [1.54, 1.807) is 0 Å². The summed E-state index contributed by atoms with van der Waals surface area (Å²) in [4.78, 5) is 35.7. The highest BCUT2D eigenvalue weighted by atomic mass is 35.5. The van der Waals surface area contributed by atoms with Gasteiger partial charge < -0.3 is 9.97 Å². The summed E-state index contributed by atoms with van der Waals surface area (Å²) in [7, 11) is -4.18. The van der Waals surface area contributed by atoms with Crippen molar-refractivity contribution in [3.05, 3.63) is 79.7 Å². The van der Waals surface area contributed by atoms with E-state index < -0.39 is 27.0 Å². The summed E-state index contributed by atoms with van der Waals surface area (Å²) in [6.45, 7) is 1.49. The molecule has 31 heavy (non-hydrogen) atoms. The zero-order valence-electron chi connectivity index (χ0n) is 15.7. The maximum atomic E-state index is 13.1. The molecule has 0 fully saturated rings. The number of anilines is 1. The van der Waals surface area contributed by atoms with Crippen molar-refractivity contribution in [2.24, 2.45) is 0 Å². The Bertz CT molecular complexity index is 1550. The van der Waals surface area contributed by atoms with Crippen molar-refractivity contribution in [3.63, 3.8) is 0 Å². The van der Waals surface area contributed by atoms with E-state index in [1.807, 2.05) is 0 Å². The maximum Gasteiger partial charge on any atom is 0.315 e. The molecule has 0 bridgehead atoms. The normalized spacial score (nSPS) is 11.6. The van der Waals surface area contributed by atoms with E-state index in [0.717, 1.165) is 0 Å². The predicted molar refractivity (Wildman–Crippen MR) is 113 cm³/mol. The molecule has 0 saturated carbocycles. The van der Waals surface area contributed by atoms with Crippen LogP contribution in [0.15, 0.2) is 57.2 Å². The van der Waals surface area contributed by atoms with Gasteiger partial charge in [0.25, 0.3) is 10.0 Å². The Labute approximate surface area is 179 Å². The van der Waals surface area contributed by atoms with Gasteiger partial charge in [-0.25, -0.2) is 9.37 Å². The third-order valence-corrected chi connectivity index (χ3v) is 6.03. The molecule has 4 aromatic rings. The molecule has 3 aromatic heterocycles. The number of sulfonamides is 1. The zero-order valence-corrected chi connectivity index (χ0v) is 17.3. The standard InChI is InChI=1S/C19H13ClFN5O4S/c1-9-6-14-16(24-18(28)17(27)23-14)25-19(9)31(29,30)26-12-7-13(20)15(22-8-12)10-2-4-11(21)5-3-10/h2-8,26H,1H3,(H,23,27)(H,24,25,28). The molecule has 0 aliphatic rings. The molecule has 4 rings (SSSR count). The van der Waals surface area contributed by atoms with Gasteiger partial charge in [0, 0.05) is 5.56 Å². The number of pyridine rings is 2. The van der Waals surface area contributed by atoms with E-state index in [2.05, 4.69) is 24.7 Å². The summed E-state index contributed by atoms with van der Waals surface area (Å²) in [5.74, 6) is -0.409. The number of fused-ring (bicyclic) bond motifs is 1. The molecule has 0 atom stereocenters. The molecule has 0 amide bonds. The van der Waals surface area contributed by atoms with Crippen LogP contribution in [-0.4, -0.2) is 28.4 Å². The lowest BCUT2D eigenvalue weighted by atomic mass is 10.1. The van der Waals surface area contributed by atoms with E-state index >= 15 is 0 Å². The SMILES string of the molecule is Cc1cc2[nH]c(=O)c(=O)[nH]c2nc1S(=O)(=O)Nc1cnc(-c2ccc(F)cc2)c(Cl)c1. The fourth-order valence-corrected chi connectivity index (χ4v) is 4.41. The van der Waals surface area contributed by atoms with E-state index in [4.69, 9.17) is 11.6 Å². The molecule has 1 aromatic carbocycles. The van der Waals surface area contributed by atoms with E-state index in [0.29, 0.717) is 11.3 Å². The van der Waals surface area contributed by atoms with Crippen LogP contribution in [0.3, 0.4) is 0 Å². The summed E-state index contributed by atoms with van der Waals surface area (Å²) in [6, 6.07) is 8.27. The van der Waals surface area contributed by atoms with Crippen molar-refractivity contribution in [2.45, 2.75) is 11.9 Å². The second kappa shape index (κ2) is 7.60. The number of nitrogens with zero attached hydrogens (tertiary/aromatic N) is 2. The van der Waals surface area contributed by atoms with E-state index in [9.17, 15) is 22.4 Å². The number of halogens is 2. The van der Waals surface area contributed by atoms with Crippen LogP contribution in [0.4, 0.5) is 10.1 Å². The first kappa shape index (κ1) is 20.7. The Hall–Kier alpha value is -3.57. The molecule has 12 heteroatoms. The highest BCUT2D eigenvalue weighted by Crippen LogP contribution is 2.29. The number of H-pyrrole nitrogens is 2. The minimum Gasteiger partial charge on any atom is -0.315 e. The Balaban J connectivity index is 1.70. The van der Waals surface area contributed by atoms with Gasteiger partial charge in [-0.05, 0) is 48.9 Å². The number of nitrogens with one attached hydrogen (secondary N) is 3. The molecule has 3 N–H and O–H groups in total. The van der Waals surface area contributed by atoms with Crippen molar-refractivity contribution >= 4 is 38.5 Å². The first-order valence-electron chi connectivity index (χ1n) is 8.72. The molecular formula is C19H13ClFN5O4S. The van der Waals surface area contributed by atoms with Gasteiger partial charge >= 0.3 is 11.1 Å². The van der Waals surface area contributed by atoms with Gasteiger partial charge in [-0.3, -0.25) is 19.3 Å². The van der Waals surface area contributed by atoms with Crippen LogP contribution < -0.4 is 15.8 Å². The van der Waals surface area contributed by atoms with Crippen LogP contribution in [0.25, 0.3) is 22.4 Å². The molecule has 0 saturated heterocycles. The molecule has 0 radical (unpaired) electrons. The van der Waals surface area contributed by atoms with Crippen molar-refractivity contribution in [2.75, 3.05) is 4.72 Å². The predicted octanol–water partition coefficient (Wildman–Crippen LogP) is 2.58. The third kappa shape index (κ3) is 4.05. The Morgan fingerprint density at radius 3 is 2.42 bits per heavy atom. The Morgan fingerprint density at radius 1 is 1.06 bits per heavy atom. The van der Waals surface area contributed by atoms with Crippen LogP contribution in [0.5, 0.6) is 0 Å². The summed E-state index contributed by atoms with van der Waals surface area (Å²) in [5, 5.41) is -0.196. The first-order chi connectivity index (χ1) is 14.6. The van der Waals surface area contributed by atoms with Gasteiger partial charge in [-0.2, -0.15) is 8.42 Å². The molecule has 0 aliphatic carbocycles. The number of aromatic nitrogens is 4. The van der Waals surface area contributed by atoms with Gasteiger partial charge in [0.2, 0.25) is 0 Å². The number of aromatic amines is 2. The lowest BCUT2D eigenvalue weighted by Gasteiger charge is -2.11. The van der Waals surface area contributed by atoms with Gasteiger partial charge in [0.15, 0.2) is 10.7 Å². The average molecular weight is 462 g/mol. The van der Waals surface area contributed by atoms with Crippen LogP contribution >= 0.6 is 11.6 Å². The summed E-state index contributed by atoms with van der Waals surface area (Å²) in [5.41, 5.74) is -0.488. The number of hydrogen-bond donors (Lipinski definition) is 3. The number of rotatable bonds is 4. The van der Waals surface area contributed by atoms with Crippen LogP contribution in [0, 0.1) is 12.7 Å². The van der Waals surface area contributed by atoms with Gasteiger partial charge in [-0.1, -0.05) is 11.6 Å². The van der Waals surface area contributed by atoms with Crippen LogP contribution in [0.1, 0.15) is 5.56 Å². The smallest absolute Gasteiger partial charge is 0.315 e. The molecule has 158 valence electrons. The monoisotopic (exact) mass is 461 g/mol. The molecule has 9 nitrogen and oxygen atoms in total. The van der Waals surface area contributed by atoms with Crippen molar-refractivity contribution in [1.82, 2.24) is 19.9 Å². The molecule has 3 heterocycles. The van der Waals surface area contributed by atoms with Crippen LogP contribution in [0.2, 0.25) is 5.02 Å². The van der Waals surface area contributed by atoms with E-state index in [1.165, 1.54) is 49.5 Å². The fraction of sp³-hybridized carbons (Fsp3) is 0.0526. The minimum absolute atomic E-state index is 0.0760. The number of hydrogen-bond acceptors (Lipinski definition) is 6. The topological polar surface area (TPSA) is 138 Å². The third-order valence-electron chi connectivity index (χ3n) is 4.32. The van der Waals surface area contributed by atoms with E-state index in [-0.39, 0.29) is 32.5 Å². The second-order valence-electron chi connectivity index (χ2n) is 6.58. The Morgan fingerprint density at radius 2 is 1.74 bits per heavy atom. The minimum atomic E-state index is -4.18. The highest BCUT2D eigenvalue weighted by molar-refractivity contribution is 7.92. The lowest BCUT2D eigenvalue weighted by Crippen LogP contribution is -2.29. The van der Waals surface area contributed by atoms with Crippen molar-refractivity contribution in [3.8, 4) is 11.3 Å². The molecule has 0 aliphatic heterocycles. The van der Waals surface area contributed by atoms with Gasteiger partial charge in [0.1, 0.15) is 5.82 Å². The highest BCUT2D eigenvalue weighted by Gasteiger charge is 2.21. The summed E-state index contributed by atoms with van der Waals surface area (Å²) < 4.78 is 41.2. The fourth-order valence-electron chi connectivity index (χ4n) is 2.92. The molecular weight excluding hydrogens is 449 g/mol. The lowest BCUT2D eigenvalue weighted by molar-refractivity contribution is 0.597. The molecule has 0 spiro atoms. The number of benzene rings is 1. The maximum absolute atomic E-state index is 13.1. The summed E-state index contributed by atoms with van der Waals surface area (Å²) >= 11 is 6.24. The zero-order chi connectivity index (χ0) is 22.3. The largest absolute Gasteiger partial charge is 0.315 e. The first-order valence-corrected chi connectivity index (χ1v) is 10.6.